The van der Waals surface area contributed by atoms with Crippen molar-refractivity contribution in [3.8, 4) is 0 Å². The van der Waals surface area contributed by atoms with E-state index in [1.165, 1.54) is 12.3 Å². The van der Waals surface area contributed by atoms with Crippen LogP contribution in [-0.2, 0) is 0 Å². The minimum atomic E-state index is -0.602. The van der Waals surface area contributed by atoms with Crippen LogP contribution in [0.4, 0.5) is 5.69 Å². The molecule has 0 aliphatic carbocycles. The molecule has 0 aliphatic heterocycles. The summed E-state index contributed by atoms with van der Waals surface area (Å²) in [5.41, 5.74) is 5.98. The molecule has 0 aromatic carbocycles. The fourth-order valence-corrected chi connectivity index (χ4v) is 1.36. The number of pyridine rings is 1. The second-order valence-corrected chi connectivity index (χ2v) is 3.20. The van der Waals surface area contributed by atoms with E-state index < -0.39 is 5.91 Å². The van der Waals surface area contributed by atoms with Crippen LogP contribution >= 0.6 is 0 Å². The van der Waals surface area contributed by atoms with E-state index in [0.29, 0.717) is 18.8 Å². The third-order valence-corrected chi connectivity index (χ3v) is 2.10. The van der Waals surface area contributed by atoms with Gasteiger partial charge in [-0.3, -0.25) is 9.78 Å². The van der Waals surface area contributed by atoms with Crippen molar-refractivity contribution < 1.29 is 15.0 Å². The van der Waals surface area contributed by atoms with Crippen LogP contribution in [0, 0.1) is 0 Å². The van der Waals surface area contributed by atoms with Crippen LogP contribution in [0.1, 0.15) is 10.5 Å². The largest absolute Gasteiger partial charge is 0.395 e. The van der Waals surface area contributed by atoms with Gasteiger partial charge in [0.2, 0.25) is 0 Å². The summed E-state index contributed by atoms with van der Waals surface area (Å²) in [5, 5.41) is 17.7. The Morgan fingerprint density at radius 2 is 2.00 bits per heavy atom. The van der Waals surface area contributed by atoms with Gasteiger partial charge in [-0.25, -0.2) is 0 Å². The van der Waals surface area contributed by atoms with Gasteiger partial charge in [0.1, 0.15) is 5.69 Å². The first kappa shape index (κ1) is 12.4. The number of primary amides is 1. The molecular weight excluding hydrogens is 210 g/mol. The quantitative estimate of drug-likeness (QED) is 0.575. The molecular formula is C10H15N3O3. The maximum atomic E-state index is 10.9. The lowest BCUT2D eigenvalue weighted by Crippen LogP contribution is -2.30. The fraction of sp³-hybridized carbons (Fsp3) is 0.400. The normalized spacial score (nSPS) is 10.1. The van der Waals surface area contributed by atoms with Gasteiger partial charge in [-0.15, -0.1) is 0 Å². The van der Waals surface area contributed by atoms with E-state index in [0.717, 1.165) is 0 Å². The highest BCUT2D eigenvalue weighted by atomic mass is 16.3. The van der Waals surface area contributed by atoms with E-state index in [2.05, 4.69) is 4.98 Å². The summed E-state index contributed by atoms with van der Waals surface area (Å²) in [6.45, 7) is 0.688. The van der Waals surface area contributed by atoms with Crippen molar-refractivity contribution in [3.63, 3.8) is 0 Å². The molecule has 0 atom stereocenters. The Hall–Kier alpha value is -1.66. The number of nitrogens with two attached hydrogens (primary N) is 1. The van der Waals surface area contributed by atoms with Gasteiger partial charge in [0.15, 0.2) is 0 Å². The zero-order valence-corrected chi connectivity index (χ0v) is 8.83. The van der Waals surface area contributed by atoms with Crippen LogP contribution < -0.4 is 10.6 Å². The zero-order chi connectivity index (χ0) is 12.0. The summed E-state index contributed by atoms with van der Waals surface area (Å²) in [6.07, 6.45) is 1.47. The molecule has 1 aromatic rings. The van der Waals surface area contributed by atoms with Gasteiger partial charge in [-0.2, -0.15) is 0 Å². The smallest absolute Gasteiger partial charge is 0.267 e. The minimum absolute atomic E-state index is 0.0335. The van der Waals surface area contributed by atoms with Crippen molar-refractivity contribution in [2.24, 2.45) is 5.73 Å². The molecule has 0 spiro atoms. The number of rotatable bonds is 6. The van der Waals surface area contributed by atoms with Crippen LogP contribution in [0.5, 0.6) is 0 Å². The molecule has 0 unspecified atom stereocenters. The van der Waals surface area contributed by atoms with Gasteiger partial charge in [0, 0.05) is 25.0 Å². The Balaban J connectivity index is 2.90. The summed E-state index contributed by atoms with van der Waals surface area (Å²) in [5.74, 6) is -0.602. The summed E-state index contributed by atoms with van der Waals surface area (Å²) in [6, 6.07) is 3.23. The molecule has 6 heteroatoms. The lowest BCUT2D eigenvalue weighted by Gasteiger charge is -2.22. The third kappa shape index (κ3) is 3.18. The predicted octanol–water partition coefficient (Wildman–Crippen LogP) is -1.03. The molecule has 0 aliphatic rings. The van der Waals surface area contributed by atoms with Crippen LogP contribution in [0.25, 0.3) is 0 Å². The van der Waals surface area contributed by atoms with Crippen LogP contribution in [0.2, 0.25) is 0 Å². The van der Waals surface area contributed by atoms with Gasteiger partial charge in [-0.1, -0.05) is 0 Å². The van der Waals surface area contributed by atoms with Crippen molar-refractivity contribution >= 4 is 11.6 Å². The second kappa shape index (κ2) is 6.04. The highest BCUT2D eigenvalue weighted by Gasteiger charge is 2.08. The Morgan fingerprint density at radius 1 is 1.38 bits per heavy atom. The summed E-state index contributed by atoms with van der Waals surface area (Å²) < 4.78 is 0. The van der Waals surface area contributed by atoms with Crippen molar-refractivity contribution in [1.29, 1.82) is 0 Å². The van der Waals surface area contributed by atoms with Crippen molar-refractivity contribution in [2.45, 2.75) is 0 Å². The van der Waals surface area contributed by atoms with Gasteiger partial charge < -0.3 is 20.8 Å². The Kier molecular flexibility index (Phi) is 4.68. The molecule has 88 valence electrons. The molecule has 0 saturated carbocycles. The van der Waals surface area contributed by atoms with Crippen molar-refractivity contribution in [1.82, 2.24) is 4.98 Å². The summed E-state index contributed by atoms with van der Waals surface area (Å²) in [4.78, 5) is 16.5. The molecule has 6 nitrogen and oxygen atoms in total. The molecule has 1 rings (SSSR count). The molecule has 0 bridgehead atoms. The second-order valence-electron chi connectivity index (χ2n) is 3.20. The molecule has 0 saturated heterocycles. The standard InChI is InChI=1S/C10H15N3O3/c11-10(16)9-7-8(1-2-12-9)13(3-5-14)4-6-15/h1-2,7,14-15H,3-6H2,(H2,11,16). The SMILES string of the molecule is NC(=O)c1cc(N(CCO)CCO)ccn1. The number of aromatic nitrogens is 1. The minimum Gasteiger partial charge on any atom is -0.395 e. The van der Waals surface area contributed by atoms with E-state index in [1.807, 2.05) is 0 Å². The fourth-order valence-electron chi connectivity index (χ4n) is 1.36. The molecule has 4 N–H and O–H groups in total. The molecule has 0 radical (unpaired) electrons. The van der Waals surface area contributed by atoms with E-state index in [1.54, 1.807) is 11.0 Å². The number of aliphatic hydroxyl groups is 2. The summed E-state index contributed by atoms with van der Waals surface area (Å²) in [7, 11) is 0. The van der Waals surface area contributed by atoms with Gasteiger partial charge in [0.05, 0.1) is 13.2 Å². The van der Waals surface area contributed by atoms with E-state index in [9.17, 15) is 4.79 Å². The number of anilines is 1. The first-order chi connectivity index (χ1) is 7.69. The molecule has 0 fully saturated rings. The first-order valence-corrected chi connectivity index (χ1v) is 4.91. The molecule has 1 aromatic heterocycles. The predicted molar refractivity (Wildman–Crippen MR) is 59.1 cm³/mol. The van der Waals surface area contributed by atoms with Crippen molar-refractivity contribution in [3.05, 3.63) is 24.0 Å². The van der Waals surface area contributed by atoms with E-state index in [-0.39, 0.29) is 18.9 Å². The van der Waals surface area contributed by atoms with Crippen LogP contribution in [0.15, 0.2) is 18.3 Å². The van der Waals surface area contributed by atoms with Gasteiger partial charge >= 0.3 is 0 Å². The zero-order valence-electron chi connectivity index (χ0n) is 8.83. The molecule has 16 heavy (non-hydrogen) atoms. The Labute approximate surface area is 93.3 Å². The number of hydrogen-bond donors (Lipinski definition) is 3. The average Bonchev–Trinajstić information content (AvgIpc) is 2.29. The maximum Gasteiger partial charge on any atom is 0.267 e. The highest BCUT2D eigenvalue weighted by molar-refractivity contribution is 5.91. The topological polar surface area (TPSA) is 99.7 Å². The Bertz CT molecular complexity index is 351. The number of carbonyl (C=O) groups excluding carboxylic acids is 1. The maximum absolute atomic E-state index is 10.9. The number of carbonyl (C=O) groups is 1. The van der Waals surface area contributed by atoms with Gasteiger partial charge in [-0.05, 0) is 12.1 Å². The number of amides is 1. The third-order valence-electron chi connectivity index (χ3n) is 2.10. The van der Waals surface area contributed by atoms with E-state index in [4.69, 9.17) is 15.9 Å². The molecule has 1 heterocycles. The lowest BCUT2D eigenvalue weighted by molar-refractivity contribution is 0.0995. The Morgan fingerprint density at radius 3 is 2.50 bits per heavy atom. The first-order valence-electron chi connectivity index (χ1n) is 4.91. The summed E-state index contributed by atoms with van der Waals surface area (Å²) >= 11 is 0. The highest BCUT2D eigenvalue weighted by Crippen LogP contribution is 2.13. The molecule has 1 amide bonds. The van der Waals surface area contributed by atoms with Crippen LogP contribution in [-0.4, -0.2) is 47.4 Å². The lowest BCUT2D eigenvalue weighted by atomic mass is 10.2. The monoisotopic (exact) mass is 225 g/mol. The van der Waals surface area contributed by atoms with Crippen LogP contribution in [0.3, 0.4) is 0 Å². The number of aliphatic hydroxyl groups excluding tert-OH is 2. The number of nitrogens with zero attached hydrogens (tertiary/aromatic N) is 2. The van der Waals surface area contributed by atoms with Crippen molar-refractivity contribution in [2.75, 3.05) is 31.2 Å². The number of hydrogen-bond acceptors (Lipinski definition) is 5. The van der Waals surface area contributed by atoms with E-state index >= 15 is 0 Å². The average molecular weight is 225 g/mol. The van der Waals surface area contributed by atoms with Gasteiger partial charge in [0.25, 0.3) is 5.91 Å².